The molecule has 2 nitrogen and oxygen atoms in total. The van der Waals surface area contributed by atoms with Gasteiger partial charge in [-0.15, -0.1) is 0 Å². The monoisotopic (exact) mass is 283 g/mol. The van der Waals surface area contributed by atoms with Gasteiger partial charge in [0.05, 0.1) is 20.9 Å². The Bertz CT molecular complexity index is 463. The van der Waals surface area contributed by atoms with E-state index in [1.165, 1.54) is 6.07 Å². The molecular formula is C15H22FNOS. The Morgan fingerprint density at radius 3 is 2.63 bits per heavy atom. The van der Waals surface area contributed by atoms with Crippen LogP contribution in [0.3, 0.4) is 0 Å². The van der Waals surface area contributed by atoms with Crippen LogP contribution in [0.5, 0.6) is 0 Å². The molecule has 4 atom stereocenters. The SMILES string of the molecule is CC(C)C1CCC(N)C(S(=O)c2ccccc2F)C1. The van der Waals surface area contributed by atoms with Crippen LogP contribution in [-0.4, -0.2) is 15.5 Å². The van der Waals surface area contributed by atoms with Crippen molar-refractivity contribution in [3.8, 4) is 0 Å². The van der Waals surface area contributed by atoms with Gasteiger partial charge in [-0.2, -0.15) is 0 Å². The third kappa shape index (κ3) is 3.23. The number of hydrogen-bond acceptors (Lipinski definition) is 2. The Hall–Kier alpha value is -0.740. The van der Waals surface area contributed by atoms with Crippen molar-refractivity contribution in [3.05, 3.63) is 30.1 Å². The average molecular weight is 283 g/mol. The fourth-order valence-electron chi connectivity index (χ4n) is 2.81. The minimum absolute atomic E-state index is 0.0876. The second-order valence-corrected chi connectivity index (χ2v) is 7.39. The van der Waals surface area contributed by atoms with Gasteiger partial charge in [0, 0.05) is 6.04 Å². The van der Waals surface area contributed by atoms with E-state index in [4.69, 9.17) is 5.73 Å². The minimum atomic E-state index is -1.35. The Morgan fingerprint density at radius 1 is 1.32 bits per heavy atom. The number of rotatable bonds is 3. The minimum Gasteiger partial charge on any atom is -0.327 e. The van der Waals surface area contributed by atoms with Crippen LogP contribution >= 0.6 is 0 Å². The first-order valence-electron chi connectivity index (χ1n) is 6.91. The maximum atomic E-state index is 13.7. The molecule has 106 valence electrons. The van der Waals surface area contributed by atoms with Crippen molar-refractivity contribution in [1.82, 2.24) is 0 Å². The van der Waals surface area contributed by atoms with E-state index in [9.17, 15) is 8.60 Å². The highest BCUT2D eigenvalue weighted by atomic mass is 32.2. The summed E-state index contributed by atoms with van der Waals surface area (Å²) in [6.07, 6.45) is 2.80. The van der Waals surface area contributed by atoms with E-state index >= 15 is 0 Å². The fraction of sp³-hybridized carbons (Fsp3) is 0.600. The quantitative estimate of drug-likeness (QED) is 0.926. The van der Waals surface area contributed by atoms with E-state index in [1.54, 1.807) is 18.2 Å². The molecule has 0 bridgehead atoms. The van der Waals surface area contributed by atoms with Gasteiger partial charge in [0.25, 0.3) is 0 Å². The van der Waals surface area contributed by atoms with Gasteiger partial charge in [0.1, 0.15) is 5.82 Å². The topological polar surface area (TPSA) is 43.1 Å². The van der Waals surface area contributed by atoms with Crippen molar-refractivity contribution in [2.24, 2.45) is 17.6 Å². The molecule has 19 heavy (non-hydrogen) atoms. The summed E-state index contributed by atoms with van der Waals surface area (Å²) in [5.41, 5.74) is 6.11. The van der Waals surface area contributed by atoms with Crippen molar-refractivity contribution in [2.75, 3.05) is 0 Å². The highest BCUT2D eigenvalue weighted by Gasteiger charge is 2.34. The van der Waals surface area contributed by atoms with Crippen LogP contribution in [0.1, 0.15) is 33.1 Å². The van der Waals surface area contributed by atoms with E-state index in [2.05, 4.69) is 13.8 Å². The lowest BCUT2D eigenvalue weighted by Gasteiger charge is -2.35. The van der Waals surface area contributed by atoms with Gasteiger partial charge in [-0.05, 0) is 43.2 Å². The summed E-state index contributed by atoms with van der Waals surface area (Å²) in [6, 6.07) is 6.23. The fourth-order valence-corrected chi connectivity index (χ4v) is 4.48. The summed E-state index contributed by atoms with van der Waals surface area (Å²) in [5, 5.41) is -0.127. The molecule has 4 heteroatoms. The first kappa shape index (κ1) is 14.7. The lowest BCUT2D eigenvalue weighted by molar-refractivity contribution is 0.263. The van der Waals surface area contributed by atoms with Crippen LogP contribution in [0.15, 0.2) is 29.2 Å². The molecule has 2 N–H and O–H groups in total. The number of halogens is 1. The Kier molecular flexibility index (Phi) is 4.74. The van der Waals surface area contributed by atoms with Crippen LogP contribution in [0, 0.1) is 17.7 Å². The zero-order chi connectivity index (χ0) is 14.0. The van der Waals surface area contributed by atoms with E-state index < -0.39 is 10.8 Å². The Morgan fingerprint density at radius 2 is 2.00 bits per heavy atom. The molecule has 1 aliphatic carbocycles. The van der Waals surface area contributed by atoms with E-state index in [0.29, 0.717) is 16.7 Å². The highest BCUT2D eigenvalue weighted by Crippen LogP contribution is 2.34. The molecule has 0 radical (unpaired) electrons. The number of nitrogens with two attached hydrogens (primary N) is 1. The van der Waals surface area contributed by atoms with Crippen molar-refractivity contribution in [3.63, 3.8) is 0 Å². The molecule has 0 aromatic heterocycles. The predicted molar refractivity (Wildman–Crippen MR) is 76.8 cm³/mol. The van der Waals surface area contributed by atoms with Crippen LogP contribution in [0.25, 0.3) is 0 Å². The largest absolute Gasteiger partial charge is 0.327 e. The molecule has 4 unspecified atom stereocenters. The van der Waals surface area contributed by atoms with Crippen molar-refractivity contribution >= 4 is 10.8 Å². The van der Waals surface area contributed by atoms with Crippen LogP contribution in [-0.2, 0) is 10.8 Å². The van der Waals surface area contributed by atoms with Crippen molar-refractivity contribution < 1.29 is 8.60 Å². The Labute approximate surface area is 117 Å². The second kappa shape index (κ2) is 6.14. The lowest BCUT2D eigenvalue weighted by Crippen LogP contribution is -2.44. The maximum Gasteiger partial charge on any atom is 0.139 e. The molecule has 0 saturated heterocycles. The van der Waals surface area contributed by atoms with Crippen molar-refractivity contribution in [2.45, 2.75) is 49.3 Å². The highest BCUT2D eigenvalue weighted by molar-refractivity contribution is 7.85. The van der Waals surface area contributed by atoms with Crippen molar-refractivity contribution in [1.29, 1.82) is 0 Å². The molecular weight excluding hydrogens is 261 g/mol. The molecule has 1 aromatic carbocycles. The number of hydrogen-bond donors (Lipinski definition) is 1. The summed E-state index contributed by atoms with van der Waals surface area (Å²) >= 11 is 0. The third-order valence-corrected chi connectivity index (χ3v) is 6.01. The van der Waals surface area contributed by atoms with Gasteiger partial charge in [0.15, 0.2) is 0 Å². The molecule has 2 rings (SSSR count). The normalized spacial score (nSPS) is 29.4. The summed E-state index contributed by atoms with van der Waals surface area (Å²) in [4.78, 5) is 0.298. The summed E-state index contributed by atoms with van der Waals surface area (Å²) < 4.78 is 26.3. The maximum absolute atomic E-state index is 13.7. The van der Waals surface area contributed by atoms with Gasteiger partial charge < -0.3 is 5.73 Å². The average Bonchev–Trinajstić information content (AvgIpc) is 2.38. The van der Waals surface area contributed by atoms with E-state index in [0.717, 1.165) is 19.3 Å². The summed E-state index contributed by atoms with van der Waals surface area (Å²) in [7, 11) is -1.35. The van der Waals surface area contributed by atoms with Gasteiger partial charge in [0.2, 0.25) is 0 Å². The summed E-state index contributed by atoms with van der Waals surface area (Å²) in [5.74, 6) is 0.716. The first-order chi connectivity index (χ1) is 9.00. The summed E-state index contributed by atoms with van der Waals surface area (Å²) in [6.45, 7) is 4.37. The number of benzene rings is 1. The van der Waals surface area contributed by atoms with Gasteiger partial charge in [-0.3, -0.25) is 4.21 Å². The van der Waals surface area contributed by atoms with Crippen LogP contribution < -0.4 is 5.73 Å². The smallest absolute Gasteiger partial charge is 0.139 e. The predicted octanol–water partition coefficient (Wildman–Crippen LogP) is 3.09. The molecule has 1 fully saturated rings. The van der Waals surface area contributed by atoms with Crippen LogP contribution in [0.2, 0.25) is 0 Å². The Balaban J connectivity index is 2.19. The van der Waals surface area contributed by atoms with E-state index in [-0.39, 0.29) is 17.1 Å². The third-order valence-electron chi connectivity index (χ3n) is 4.15. The molecule has 0 amide bonds. The van der Waals surface area contributed by atoms with Gasteiger partial charge >= 0.3 is 0 Å². The zero-order valence-corrected chi connectivity index (χ0v) is 12.3. The molecule has 1 saturated carbocycles. The van der Waals surface area contributed by atoms with Crippen LogP contribution in [0.4, 0.5) is 4.39 Å². The molecule has 0 aliphatic heterocycles. The molecule has 0 spiro atoms. The van der Waals surface area contributed by atoms with Gasteiger partial charge in [-0.25, -0.2) is 4.39 Å². The second-order valence-electron chi connectivity index (χ2n) is 5.75. The molecule has 1 aliphatic rings. The first-order valence-corrected chi connectivity index (χ1v) is 8.12. The molecule has 0 heterocycles. The molecule has 1 aromatic rings. The standard InChI is InChI=1S/C15H22FNOS/c1-10(2)11-7-8-13(17)15(9-11)19(18)14-6-4-3-5-12(14)16/h3-6,10-11,13,15H,7-9,17H2,1-2H3. The van der Waals surface area contributed by atoms with E-state index in [1.807, 2.05) is 0 Å². The lowest BCUT2D eigenvalue weighted by atomic mass is 9.79. The van der Waals surface area contributed by atoms with Gasteiger partial charge in [-0.1, -0.05) is 26.0 Å². The zero-order valence-electron chi connectivity index (χ0n) is 11.5.